The second-order valence-electron chi connectivity index (χ2n) is 10.2. The molecule has 2 aliphatic carbocycles. The van der Waals surface area contributed by atoms with Crippen LogP contribution >= 0.6 is 0 Å². The predicted molar refractivity (Wildman–Crippen MR) is 114 cm³/mol. The zero-order valence-electron chi connectivity index (χ0n) is 17.9. The first-order valence-corrected chi connectivity index (χ1v) is 11.5. The summed E-state index contributed by atoms with van der Waals surface area (Å²) in [6.07, 6.45) is 17.5. The molecular weight excluding hydrogens is 344 g/mol. The van der Waals surface area contributed by atoms with E-state index >= 15 is 0 Å². The highest BCUT2D eigenvalue weighted by Crippen LogP contribution is 2.63. The number of methoxy groups -OCH3 is 1. The molecule has 5 rings (SSSR count). The molecule has 3 fully saturated rings. The quantitative estimate of drug-likeness (QED) is 0.671. The fraction of sp³-hybridized carbons (Fsp3) is 0.720. The Kier molecular flexibility index (Phi) is 4.58. The average Bonchev–Trinajstić information content (AvgIpc) is 2.94. The summed E-state index contributed by atoms with van der Waals surface area (Å²) in [6.45, 7) is 7.82. The minimum atomic E-state index is 0.304. The number of pyridine rings is 1. The molecular formula is C25H36N2O. The summed E-state index contributed by atoms with van der Waals surface area (Å²) in [6, 6.07) is 2.19. The molecule has 3 heteroatoms. The van der Waals surface area contributed by atoms with Gasteiger partial charge in [-0.2, -0.15) is 0 Å². The molecule has 0 bridgehead atoms. The molecule has 3 nitrogen and oxygen atoms in total. The standard InChI is InChI=1S/C25H36N2O/c1-24-12-9-23-20(10-14-27-13-6-4-5-11-25(23,27)2)22(24)8-7-21(24)18-15-19(28-3)17-26-16-18/h7,15-17,20,22-23H,4-6,8-14H2,1-3H3/t20-,22-,23?,24+,25+/m0/s1. The highest BCUT2D eigenvalue weighted by molar-refractivity contribution is 5.73. The Hall–Kier alpha value is -1.35. The molecule has 2 aliphatic heterocycles. The van der Waals surface area contributed by atoms with Gasteiger partial charge in [0.2, 0.25) is 0 Å². The van der Waals surface area contributed by atoms with E-state index in [1.54, 1.807) is 7.11 Å². The van der Waals surface area contributed by atoms with Crippen molar-refractivity contribution < 1.29 is 4.74 Å². The molecule has 1 aromatic rings. The number of piperidine rings is 1. The summed E-state index contributed by atoms with van der Waals surface area (Å²) in [4.78, 5) is 7.34. The van der Waals surface area contributed by atoms with E-state index in [9.17, 15) is 0 Å². The fourth-order valence-corrected chi connectivity index (χ4v) is 7.62. The molecule has 1 saturated carbocycles. The number of rotatable bonds is 2. The third-order valence-electron chi connectivity index (χ3n) is 9.14. The lowest BCUT2D eigenvalue weighted by molar-refractivity contribution is -0.0868. The maximum absolute atomic E-state index is 5.46. The van der Waals surface area contributed by atoms with E-state index in [0.29, 0.717) is 11.0 Å². The van der Waals surface area contributed by atoms with Gasteiger partial charge in [-0.05, 0) is 98.9 Å². The topological polar surface area (TPSA) is 25.4 Å². The van der Waals surface area contributed by atoms with Crippen LogP contribution in [0.1, 0.15) is 70.8 Å². The lowest BCUT2D eigenvalue weighted by atomic mass is 9.52. The molecule has 0 radical (unpaired) electrons. The monoisotopic (exact) mass is 380 g/mol. The van der Waals surface area contributed by atoms with E-state index < -0.39 is 0 Å². The van der Waals surface area contributed by atoms with Crippen molar-refractivity contribution in [2.75, 3.05) is 20.2 Å². The molecule has 5 atom stereocenters. The van der Waals surface area contributed by atoms with Crippen molar-refractivity contribution in [3.63, 3.8) is 0 Å². The lowest BCUT2D eigenvalue weighted by Gasteiger charge is -2.60. The second-order valence-corrected chi connectivity index (χ2v) is 10.2. The van der Waals surface area contributed by atoms with Crippen LogP contribution in [0.2, 0.25) is 0 Å². The maximum Gasteiger partial charge on any atom is 0.137 e. The zero-order valence-corrected chi connectivity index (χ0v) is 17.9. The normalized spacial score (nSPS) is 40.7. The summed E-state index contributed by atoms with van der Waals surface area (Å²) in [5.74, 6) is 3.44. The van der Waals surface area contributed by atoms with Gasteiger partial charge in [0, 0.05) is 11.7 Å². The van der Waals surface area contributed by atoms with Crippen molar-refractivity contribution in [1.82, 2.24) is 9.88 Å². The van der Waals surface area contributed by atoms with Crippen LogP contribution in [0, 0.1) is 23.2 Å². The van der Waals surface area contributed by atoms with Crippen LogP contribution in [0.25, 0.3) is 5.57 Å². The first-order chi connectivity index (χ1) is 13.6. The molecule has 0 spiro atoms. The maximum atomic E-state index is 5.46. The van der Waals surface area contributed by atoms with Crippen molar-refractivity contribution in [2.45, 2.75) is 70.8 Å². The van der Waals surface area contributed by atoms with Gasteiger partial charge in [-0.25, -0.2) is 0 Å². The van der Waals surface area contributed by atoms with Crippen molar-refractivity contribution in [3.8, 4) is 5.75 Å². The Balaban J connectivity index is 1.44. The van der Waals surface area contributed by atoms with Crippen LogP contribution in [0.5, 0.6) is 5.75 Å². The SMILES string of the molecule is COc1cncc(C2=CC[C@H]3[C@@H]4CCN5CCCCC[C@]5(C)C4CC[C@]23C)c1. The molecule has 152 valence electrons. The molecule has 0 aromatic carbocycles. The molecule has 1 unspecified atom stereocenters. The van der Waals surface area contributed by atoms with Gasteiger partial charge in [-0.3, -0.25) is 9.88 Å². The predicted octanol–water partition coefficient (Wildman–Crippen LogP) is 5.56. The number of ether oxygens (including phenoxy) is 1. The van der Waals surface area contributed by atoms with E-state index in [-0.39, 0.29) is 0 Å². The van der Waals surface area contributed by atoms with Gasteiger partial charge in [0.1, 0.15) is 5.75 Å². The summed E-state index contributed by atoms with van der Waals surface area (Å²) in [5.41, 5.74) is 3.57. The van der Waals surface area contributed by atoms with Gasteiger partial charge in [0.05, 0.1) is 13.3 Å². The van der Waals surface area contributed by atoms with Gasteiger partial charge >= 0.3 is 0 Å². The number of nitrogens with zero attached hydrogens (tertiary/aromatic N) is 2. The molecule has 3 heterocycles. The average molecular weight is 381 g/mol. The van der Waals surface area contributed by atoms with Crippen LogP contribution < -0.4 is 4.74 Å². The van der Waals surface area contributed by atoms with E-state index in [2.05, 4.69) is 35.9 Å². The Bertz CT molecular complexity index is 774. The van der Waals surface area contributed by atoms with E-state index in [1.807, 2.05) is 12.4 Å². The number of allylic oxidation sites excluding steroid dienone is 2. The Morgan fingerprint density at radius 1 is 1.04 bits per heavy atom. The Labute approximate surface area is 170 Å². The second kappa shape index (κ2) is 6.86. The minimum Gasteiger partial charge on any atom is -0.495 e. The number of hydrogen-bond donors (Lipinski definition) is 0. The zero-order chi connectivity index (χ0) is 19.4. The van der Waals surface area contributed by atoms with Gasteiger partial charge in [0.25, 0.3) is 0 Å². The van der Waals surface area contributed by atoms with Crippen molar-refractivity contribution in [1.29, 1.82) is 0 Å². The molecule has 0 N–H and O–H groups in total. The van der Waals surface area contributed by atoms with Crippen LogP contribution in [-0.2, 0) is 0 Å². The summed E-state index contributed by atoms with van der Waals surface area (Å²) in [5, 5.41) is 0. The lowest BCUT2D eigenvalue weighted by Crippen LogP contribution is -2.61. The van der Waals surface area contributed by atoms with Crippen molar-refractivity contribution in [3.05, 3.63) is 30.1 Å². The third kappa shape index (κ3) is 2.69. The largest absolute Gasteiger partial charge is 0.495 e. The van der Waals surface area contributed by atoms with E-state index in [4.69, 9.17) is 4.74 Å². The van der Waals surface area contributed by atoms with Gasteiger partial charge in [-0.15, -0.1) is 0 Å². The van der Waals surface area contributed by atoms with Gasteiger partial charge in [-0.1, -0.05) is 25.8 Å². The van der Waals surface area contributed by atoms with Crippen LogP contribution in [0.4, 0.5) is 0 Å². The fourth-order valence-electron chi connectivity index (χ4n) is 7.62. The van der Waals surface area contributed by atoms with E-state index in [1.165, 1.54) is 75.6 Å². The van der Waals surface area contributed by atoms with Gasteiger partial charge in [0.15, 0.2) is 0 Å². The molecule has 0 amide bonds. The first-order valence-electron chi connectivity index (χ1n) is 11.5. The summed E-state index contributed by atoms with van der Waals surface area (Å²) in [7, 11) is 1.74. The van der Waals surface area contributed by atoms with E-state index in [0.717, 1.165) is 23.5 Å². The summed E-state index contributed by atoms with van der Waals surface area (Å²) < 4.78 is 5.46. The molecule has 4 aliphatic rings. The smallest absolute Gasteiger partial charge is 0.137 e. The number of fused-ring (bicyclic) bond motifs is 5. The molecule has 2 saturated heterocycles. The number of hydrogen-bond acceptors (Lipinski definition) is 3. The summed E-state index contributed by atoms with van der Waals surface area (Å²) >= 11 is 0. The molecule has 1 aromatic heterocycles. The number of aromatic nitrogens is 1. The third-order valence-corrected chi connectivity index (χ3v) is 9.14. The highest BCUT2D eigenvalue weighted by atomic mass is 16.5. The Morgan fingerprint density at radius 3 is 2.79 bits per heavy atom. The van der Waals surface area contributed by atoms with Crippen molar-refractivity contribution >= 4 is 5.57 Å². The Morgan fingerprint density at radius 2 is 1.93 bits per heavy atom. The van der Waals surface area contributed by atoms with Gasteiger partial charge < -0.3 is 4.74 Å². The van der Waals surface area contributed by atoms with Crippen LogP contribution in [0.15, 0.2) is 24.5 Å². The van der Waals surface area contributed by atoms with Crippen molar-refractivity contribution in [2.24, 2.45) is 23.2 Å². The first kappa shape index (κ1) is 18.7. The minimum absolute atomic E-state index is 0.304. The van der Waals surface area contributed by atoms with Crippen LogP contribution in [0.3, 0.4) is 0 Å². The molecule has 28 heavy (non-hydrogen) atoms. The van der Waals surface area contributed by atoms with Crippen LogP contribution in [-0.4, -0.2) is 35.6 Å². The highest BCUT2D eigenvalue weighted by Gasteiger charge is 2.57.